The van der Waals surface area contributed by atoms with Crippen molar-refractivity contribution in [2.75, 3.05) is 4.72 Å². The van der Waals surface area contributed by atoms with Gasteiger partial charge in [0.25, 0.3) is 10.0 Å². The van der Waals surface area contributed by atoms with Crippen molar-refractivity contribution in [2.45, 2.75) is 42.9 Å². The maximum atomic E-state index is 12.7. The first-order valence-corrected chi connectivity index (χ1v) is 11.4. The summed E-state index contributed by atoms with van der Waals surface area (Å²) in [6.45, 7) is 0. The van der Waals surface area contributed by atoms with Crippen LogP contribution in [-0.4, -0.2) is 8.42 Å². The standard InChI is InChI=1S/C24H25NO2S/c26-28(27,24-17-13-22(14-18-24)20-9-5-2-6-10-20)25-23-15-11-21(12-16-23)19-7-3-1-4-8-19/h1,3-4,7-8,11-18,20,25H,2,5-6,9-10H2. The number of benzene rings is 3. The highest BCUT2D eigenvalue weighted by molar-refractivity contribution is 7.92. The van der Waals surface area contributed by atoms with Gasteiger partial charge in [-0.1, -0.05) is 73.9 Å². The van der Waals surface area contributed by atoms with Gasteiger partial charge in [0.05, 0.1) is 4.90 Å². The first-order valence-electron chi connectivity index (χ1n) is 9.90. The van der Waals surface area contributed by atoms with Crippen molar-refractivity contribution in [1.82, 2.24) is 0 Å². The zero-order valence-corrected chi connectivity index (χ0v) is 16.7. The van der Waals surface area contributed by atoms with Gasteiger partial charge in [-0.3, -0.25) is 4.72 Å². The van der Waals surface area contributed by atoms with Crippen LogP contribution in [0.15, 0.2) is 83.8 Å². The molecule has 0 bridgehead atoms. The topological polar surface area (TPSA) is 46.2 Å². The average molecular weight is 392 g/mol. The van der Waals surface area contributed by atoms with Crippen LogP contribution in [0.4, 0.5) is 5.69 Å². The SMILES string of the molecule is O=S(=O)(Nc1ccc(-c2ccccc2)cc1)c1ccc(C2CCCCC2)cc1. The summed E-state index contributed by atoms with van der Waals surface area (Å²) >= 11 is 0. The summed E-state index contributed by atoms with van der Waals surface area (Å²) in [6, 6.07) is 24.9. The molecule has 0 unspecified atom stereocenters. The summed E-state index contributed by atoms with van der Waals surface area (Å²) < 4.78 is 28.2. The maximum absolute atomic E-state index is 12.7. The number of hydrogen-bond donors (Lipinski definition) is 1. The molecule has 1 saturated carbocycles. The number of nitrogens with one attached hydrogen (secondary N) is 1. The van der Waals surface area contributed by atoms with Crippen molar-refractivity contribution in [1.29, 1.82) is 0 Å². The van der Waals surface area contributed by atoms with Gasteiger partial charge in [0, 0.05) is 5.69 Å². The van der Waals surface area contributed by atoms with Crippen molar-refractivity contribution in [3.8, 4) is 11.1 Å². The van der Waals surface area contributed by atoms with Gasteiger partial charge >= 0.3 is 0 Å². The van der Waals surface area contributed by atoms with E-state index in [4.69, 9.17) is 0 Å². The smallest absolute Gasteiger partial charge is 0.261 e. The largest absolute Gasteiger partial charge is 0.280 e. The van der Waals surface area contributed by atoms with Gasteiger partial charge in [-0.15, -0.1) is 0 Å². The number of rotatable bonds is 5. The quantitative estimate of drug-likeness (QED) is 0.563. The van der Waals surface area contributed by atoms with Crippen molar-refractivity contribution in [2.24, 2.45) is 0 Å². The fourth-order valence-electron chi connectivity index (χ4n) is 3.93. The molecule has 4 heteroatoms. The van der Waals surface area contributed by atoms with Crippen LogP contribution < -0.4 is 4.72 Å². The molecule has 1 aliphatic rings. The Balaban J connectivity index is 1.47. The lowest BCUT2D eigenvalue weighted by Gasteiger charge is -2.22. The van der Waals surface area contributed by atoms with Crippen LogP contribution in [0.5, 0.6) is 0 Å². The number of hydrogen-bond acceptors (Lipinski definition) is 2. The van der Waals surface area contributed by atoms with Crippen LogP contribution in [0.1, 0.15) is 43.6 Å². The van der Waals surface area contributed by atoms with Gasteiger partial charge in [0.2, 0.25) is 0 Å². The second-order valence-corrected chi connectivity index (χ2v) is 9.14. The summed E-state index contributed by atoms with van der Waals surface area (Å²) in [4.78, 5) is 0.305. The Morgan fingerprint density at radius 1 is 0.679 bits per heavy atom. The first-order chi connectivity index (χ1) is 13.6. The normalized spacial score (nSPS) is 15.3. The Morgan fingerprint density at radius 3 is 1.93 bits per heavy atom. The van der Waals surface area contributed by atoms with Crippen LogP contribution >= 0.6 is 0 Å². The molecular formula is C24H25NO2S. The van der Waals surface area contributed by atoms with Gasteiger partial charge < -0.3 is 0 Å². The monoisotopic (exact) mass is 391 g/mol. The molecule has 0 amide bonds. The lowest BCUT2D eigenvalue weighted by atomic mass is 9.84. The van der Waals surface area contributed by atoms with Gasteiger partial charge in [0.1, 0.15) is 0 Å². The van der Waals surface area contributed by atoms with E-state index >= 15 is 0 Å². The first kappa shape index (κ1) is 18.8. The molecule has 0 spiro atoms. The molecule has 28 heavy (non-hydrogen) atoms. The predicted octanol–water partition coefficient (Wildman–Crippen LogP) is 6.20. The lowest BCUT2D eigenvalue weighted by molar-refractivity contribution is 0.443. The summed E-state index contributed by atoms with van der Waals surface area (Å²) in [7, 11) is -3.59. The molecule has 0 aromatic heterocycles. The summed E-state index contributed by atoms with van der Waals surface area (Å²) in [6.07, 6.45) is 6.27. The molecule has 3 aromatic rings. The number of sulfonamides is 1. The fraction of sp³-hybridized carbons (Fsp3) is 0.250. The summed E-state index contributed by atoms with van der Waals surface area (Å²) in [5.41, 5.74) is 3.98. The van der Waals surface area contributed by atoms with Crippen LogP contribution in [0.2, 0.25) is 0 Å². The lowest BCUT2D eigenvalue weighted by Crippen LogP contribution is -2.13. The average Bonchev–Trinajstić information content (AvgIpc) is 2.75. The van der Waals surface area contributed by atoms with E-state index in [1.54, 1.807) is 24.3 Å². The Labute approximate surface area is 167 Å². The Hall–Kier alpha value is -2.59. The van der Waals surface area contributed by atoms with E-state index < -0.39 is 10.0 Å². The Kier molecular flexibility index (Phi) is 5.49. The van der Waals surface area contributed by atoms with Crippen LogP contribution in [0, 0.1) is 0 Å². The van der Waals surface area contributed by atoms with Crippen molar-refractivity contribution in [3.63, 3.8) is 0 Å². The molecule has 144 valence electrons. The molecule has 4 rings (SSSR count). The van der Waals surface area contributed by atoms with Crippen molar-refractivity contribution < 1.29 is 8.42 Å². The second kappa shape index (κ2) is 8.19. The molecule has 1 aliphatic carbocycles. The van der Waals surface area contributed by atoms with Crippen LogP contribution in [0.25, 0.3) is 11.1 Å². The zero-order chi connectivity index (χ0) is 19.4. The van der Waals surface area contributed by atoms with E-state index in [0.29, 0.717) is 16.5 Å². The molecule has 0 saturated heterocycles. The minimum atomic E-state index is -3.59. The summed E-state index contributed by atoms with van der Waals surface area (Å²) in [5.74, 6) is 0.573. The van der Waals surface area contributed by atoms with Gasteiger partial charge in [-0.2, -0.15) is 0 Å². The van der Waals surface area contributed by atoms with E-state index in [1.807, 2.05) is 54.6 Å². The molecule has 0 aliphatic heterocycles. The van der Waals surface area contributed by atoms with E-state index in [-0.39, 0.29) is 0 Å². The van der Waals surface area contributed by atoms with Gasteiger partial charge in [-0.25, -0.2) is 8.42 Å². The van der Waals surface area contributed by atoms with Crippen molar-refractivity contribution >= 4 is 15.7 Å². The van der Waals surface area contributed by atoms with Crippen LogP contribution in [-0.2, 0) is 10.0 Å². The molecule has 0 atom stereocenters. The van der Waals surface area contributed by atoms with E-state index in [0.717, 1.165) is 11.1 Å². The molecule has 1 N–H and O–H groups in total. The molecule has 3 nitrogen and oxygen atoms in total. The zero-order valence-electron chi connectivity index (χ0n) is 15.8. The van der Waals surface area contributed by atoms with Gasteiger partial charge in [-0.05, 0) is 59.7 Å². The minimum Gasteiger partial charge on any atom is -0.280 e. The van der Waals surface area contributed by atoms with Gasteiger partial charge in [0.15, 0.2) is 0 Å². The van der Waals surface area contributed by atoms with E-state index in [1.165, 1.54) is 37.7 Å². The maximum Gasteiger partial charge on any atom is 0.261 e. The molecule has 1 fully saturated rings. The van der Waals surface area contributed by atoms with E-state index in [9.17, 15) is 8.42 Å². The molecular weight excluding hydrogens is 366 g/mol. The predicted molar refractivity (Wildman–Crippen MR) is 115 cm³/mol. The Morgan fingerprint density at radius 2 is 1.29 bits per heavy atom. The van der Waals surface area contributed by atoms with Crippen molar-refractivity contribution in [3.05, 3.63) is 84.4 Å². The molecule has 3 aromatic carbocycles. The third-order valence-corrected chi connectivity index (χ3v) is 6.91. The molecule has 0 heterocycles. The third kappa shape index (κ3) is 4.28. The van der Waals surface area contributed by atoms with Crippen LogP contribution in [0.3, 0.4) is 0 Å². The minimum absolute atomic E-state index is 0.305. The second-order valence-electron chi connectivity index (χ2n) is 7.45. The highest BCUT2D eigenvalue weighted by Gasteiger charge is 2.18. The highest BCUT2D eigenvalue weighted by Crippen LogP contribution is 2.33. The third-order valence-electron chi connectivity index (χ3n) is 5.51. The fourth-order valence-corrected chi connectivity index (χ4v) is 4.99. The number of anilines is 1. The summed E-state index contributed by atoms with van der Waals surface area (Å²) in [5, 5.41) is 0. The Bertz CT molecular complexity index is 1000. The molecule has 0 radical (unpaired) electrons. The van der Waals surface area contributed by atoms with E-state index in [2.05, 4.69) is 4.72 Å². The highest BCUT2D eigenvalue weighted by atomic mass is 32.2.